The molecular formula is C11H15ClN2O. The van der Waals surface area contributed by atoms with Crippen LogP contribution in [0.2, 0.25) is 5.02 Å². The molecule has 1 atom stereocenters. The summed E-state index contributed by atoms with van der Waals surface area (Å²) in [4.78, 5) is 6.63. The Morgan fingerprint density at radius 3 is 3.00 bits per heavy atom. The van der Waals surface area contributed by atoms with Crippen molar-refractivity contribution in [2.24, 2.45) is 0 Å². The number of aliphatic hydroxyl groups excluding tert-OH is 1. The molecule has 1 fully saturated rings. The van der Waals surface area contributed by atoms with Crippen LogP contribution in [0.3, 0.4) is 0 Å². The first-order chi connectivity index (χ1) is 7.22. The second-order valence-electron chi connectivity index (χ2n) is 3.94. The maximum absolute atomic E-state index is 9.09. The van der Waals surface area contributed by atoms with Crippen LogP contribution in [-0.2, 0) is 6.61 Å². The van der Waals surface area contributed by atoms with Crippen LogP contribution < -0.4 is 4.90 Å². The first kappa shape index (κ1) is 10.7. The minimum atomic E-state index is -0.102. The zero-order valence-corrected chi connectivity index (χ0v) is 9.54. The van der Waals surface area contributed by atoms with Gasteiger partial charge in [-0.15, -0.1) is 0 Å². The Morgan fingerprint density at radius 2 is 2.40 bits per heavy atom. The van der Waals surface area contributed by atoms with Crippen LogP contribution in [0.5, 0.6) is 0 Å². The molecule has 0 saturated carbocycles. The minimum absolute atomic E-state index is 0.102. The molecule has 1 aromatic heterocycles. The van der Waals surface area contributed by atoms with E-state index in [9.17, 15) is 0 Å². The van der Waals surface area contributed by atoms with Gasteiger partial charge in [-0.25, -0.2) is 4.98 Å². The lowest BCUT2D eigenvalue weighted by atomic mass is 10.2. The molecule has 0 aliphatic carbocycles. The predicted molar refractivity (Wildman–Crippen MR) is 61.2 cm³/mol. The number of aromatic nitrogens is 1. The summed E-state index contributed by atoms with van der Waals surface area (Å²) in [5.74, 6) is 0.924. The lowest BCUT2D eigenvalue weighted by Gasteiger charge is -2.23. The van der Waals surface area contributed by atoms with Crippen molar-refractivity contribution in [1.82, 2.24) is 4.98 Å². The van der Waals surface area contributed by atoms with E-state index in [-0.39, 0.29) is 6.61 Å². The topological polar surface area (TPSA) is 36.4 Å². The number of aliphatic hydroxyl groups is 1. The number of rotatable bonds is 2. The zero-order valence-electron chi connectivity index (χ0n) is 8.78. The lowest BCUT2D eigenvalue weighted by Crippen LogP contribution is -2.27. The van der Waals surface area contributed by atoms with E-state index in [1.54, 1.807) is 6.07 Å². The van der Waals surface area contributed by atoms with Gasteiger partial charge in [0.2, 0.25) is 0 Å². The highest BCUT2D eigenvalue weighted by Gasteiger charge is 2.21. The quantitative estimate of drug-likeness (QED) is 0.840. The highest BCUT2D eigenvalue weighted by Crippen LogP contribution is 2.25. The molecule has 1 aliphatic heterocycles. The Labute approximate surface area is 94.7 Å². The maximum atomic E-state index is 9.09. The fourth-order valence-electron chi connectivity index (χ4n) is 2.02. The summed E-state index contributed by atoms with van der Waals surface area (Å²) in [6, 6.07) is 4.26. The van der Waals surface area contributed by atoms with Crippen LogP contribution in [0.1, 0.15) is 25.5 Å². The van der Waals surface area contributed by atoms with Gasteiger partial charge in [0.25, 0.3) is 0 Å². The average Bonchev–Trinajstić information content (AvgIpc) is 2.65. The Morgan fingerprint density at radius 1 is 1.60 bits per heavy atom. The van der Waals surface area contributed by atoms with Gasteiger partial charge < -0.3 is 10.0 Å². The van der Waals surface area contributed by atoms with Crippen LogP contribution in [0, 0.1) is 0 Å². The van der Waals surface area contributed by atoms with Gasteiger partial charge >= 0.3 is 0 Å². The molecule has 1 saturated heterocycles. The summed E-state index contributed by atoms with van der Waals surface area (Å²) in [5.41, 5.74) is 0.563. The van der Waals surface area contributed by atoms with Gasteiger partial charge in [-0.1, -0.05) is 11.6 Å². The van der Waals surface area contributed by atoms with Crippen molar-refractivity contribution in [2.45, 2.75) is 32.4 Å². The zero-order chi connectivity index (χ0) is 10.8. The average molecular weight is 227 g/mol. The van der Waals surface area contributed by atoms with Gasteiger partial charge in [0.05, 0.1) is 17.3 Å². The molecule has 0 radical (unpaired) electrons. The number of halogens is 1. The number of hydrogen-bond donors (Lipinski definition) is 1. The molecule has 15 heavy (non-hydrogen) atoms. The molecule has 2 rings (SSSR count). The number of hydrogen-bond acceptors (Lipinski definition) is 3. The Hall–Kier alpha value is -0.800. The summed E-state index contributed by atoms with van der Waals surface area (Å²) in [6.45, 7) is 3.14. The predicted octanol–water partition coefficient (Wildman–Crippen LogP) is 2.22. The van der Waals surface area contributed by atoms with Crippen molar-refractivity contribution < 1.29 is 5.11 Å². The smallest absolute Gasteiger partial charge is 0.129 e. The van der Waals surface area contributed by atoms with Crippen molar-refractivity contribution in [1.29, 1.82) is 0 Å². The van der Waals surface area contributed by atoms with Crippen molar-refractivity contribution >= 4 is 17.4 Å². The van der Waals surface area contributed by atoms with Gasteiger partial charge in [-0.3, -0.25) is 0 Å². The third kappa shape index (κ3) is 2.08. The number of pyridine rings is 1. The van der Waals surface area contributed by atoms with Crippen molar-refractivity contribution in [3.8, 4) is 0 Å². The Bertz CT molecular complexity index is 356. The Balaban J connectivity index is 2.28. The molecular weight excluding hydrogens is 212 g/mol. The van der Waals surface area contributed by atoms with E-state index in [2.05, 4.69) is 16.8 Å². The summed E-state index contributed by atoms with van der Waals surface area (Å²) in [6.07, 6.45) is 2.42. The van der Waals surface area contributed by atoms with Crippen LogP contribution >= 0.6 is 11.6 Å². The molecule has 0 amide bonds. The second kappa shape index (κ2) is 4.37. The van der Waals surface area contributed by atoms with E-state index < -0.39 is 0 Å². The molecule has 1 N–H and O–H groups in total. The van der Waals surface area contributed by atoms with Crippen molar-refractivity contribution in [3.05, 3.63) is 22.8 Å². The molecule has 1 aromatic rings. The number of nitrogens with zero attached hydrogens (tertiary/aromatic N) is 2. The second-order valence-corrected chi connectivity index (χ2v) is 4.35. The lowest BCUT2D eigenvalue weighted by molar-refractivity contribution is 0.277. The summed E-state index contributed by atoms with van der Waals surface area (Å²) in [7, 11) is 0. The van der Waals surface area contributed by atoms with Crippen LogP contribution in [-0.4, -0.2) is 22.7 Å². The first-order valence-corrected chi connectivity index (χ1v) is 5.63. The third-order valence-corrected chi connectivity index (χ3v) is 3.25. The summed E-state index contributed by atoms with van der Waals surface area (Å²) < 4.78 is 0. The molecule has 0 spiro atoms. The van der Waals surface area contributed by atoms with Gasteiger partial charge in [0.1, 0.15) is 5.82 Å². The van der Waals surface area contributed by atoms with Crippen molar-refractivity contribution in [2.75, 3.05) is 11.4 Å². The molecule has 2 heterocycles. The van der Waals surface area contributed by atoms with Gasteiger partial charge in [-0.05, 0) is 31.9 Å². The molecule has 1 aliphatic rings. The van der Waals surface area contributed by atoms with Gasteiger partial charge in [-0.2, -0.15) is 0 Å². The van der Waals surface area contributed by atoms with Crippen LogP contribution in [0.15, 0.2) is 12.1 Å². The number of anilines is 1. The van der Waals surface area contributed by atoms with Gasteiger partial charge in [0, 0.05) is 12.6 Å². The standard InChI is InChI=1S/C11H15ClN2O/c1-8-3-2-6-14(8)11-5-4-9(12)10(7-15)13-11/h4-5,8,15H,2-3,6-7H2,1H3. The molecule has 0 aromatic carbocycles. The highest BCUT2D eigenvalue weighted by molar-refractivity contribution is 6.31. The van der Waals surface area contributed by atoms with E-state index in [1.165, 1.54) is 12.8 Å². The highest BCUT2D eigenvalue weighted by atomic mass is 35.5. The monoisotopic (exact) mass is 226 g/mol. The maximum Gasteiger partial charge on any atom is 0.129 e. The molecule has 0 bridgehead atoms. The van der Waals surface area contributed by atoms with E-state index in [1.807, 2.05) is 6.07 Å². The Kier molecular flexibility index (Phi) is 3.12. The van der Waals surface area contributed by atoms with E-state index in [4.69, 9.17) is 16.7 Å². The van der Waals surface area contributed by atoms with E-state index >= 15 is 0 Å². The first-order valence-electron chi connectivity index (χ1n) is 5.25. The normalized spacial score (nSPS) is 21.0. The summed E-state index contributed by atoms with van der Waals surface area (Å²) in [5, 5.41) is 9.62. The van der Waals surface area contributed by atoms with Gasteiger partial charge in [0.15, 0.2) is 0 Å². The molecule has 3 nitrogen and oxygen atoms in total. The third-order valence-electron chi connectivity index (χ3n) is 2.90. The fourth-order valence-corrected chi connectivity index (χ4v) is 2.18. The van der Waals surface area contributed by atoms with E-state index in [0.29, 0.717) is 16.8 Å². The summed E-state index contributed by atoms with van der Waals surface area (Å²) >= 11 is 5.90. The minimum Gasteiger partial charge on any atom is -0.390 e. The largest absolute Gasteiger partial charge is 0.390 e. The van der Waals surface area contributed by atoms with Crippen LogP contribution in [0.4, 0.5) is 5.82 Å². The SMILES string of the molecule is CC1CCCN1c1ccc(Cl)c(CO)n1. The van der Waals surface area contributed by atoms with Crippen molar-refractivity contribution in [3.63, 3.8) is 0 Å². The molecule has 1 unspecified atom stereocenters. The molecule has 82 valence electrons. The van der Waals surface area contributed by atoms with E-state index in [0.717, 1.165) is 12.4 Å². The van der Waals surface area contributed by atoms with Crippen LogP contribution in [0.25, 0.3) is 0 Å². The fraction of sp³-hybridized carbons (Fsp3) is 0.545. The molecule has 4 heteroatoms.